The quantitative estimate of drug-likeness (QED) is 0.897. The van der Waals surface area contributed by atoms with E-state index in [2.05, 4.69) is 40.8 Å². The number of aromatic nitrogens is 2. The highest BCUT2D eigenvalue weighted by Crippen LogP contribution is 2.21. The number of piperazine rings is 1. The van der Waals surface area contributed by atoms with Gasteiger partial charge < -0.3 is 9.52 Å². The topological polar surface area (TPSA) is 65.6 Å². The Labute approximate surface area is 149 Å². The van der Waals surface area contributed by atoms with Crippen LogP contribution in [0.4, 0.5) is 0 Å². The first-order valence-electron chi connectivity index (χ1n) is 8.92. The van der Waals surface area contributed by atoms with Crippen molar-refractivity contribution in [1.82, 2.24) is 20.0 Å². The predicted octanol–water partition coefficient (Wildman–Crippen LogP) is 2.22. The van der Waals surface area contributed by atoms with Crippen molar-refractivity contribution in [2.75, 3.05) is 32.7 Å². The van der Waals surface area contributed by atoms with E-state index in [1.54, 1.807) is 0 Å². The molecule has 1 saturated heterocycles. The van der Waals surface area contributed by atoms with Crippen LogP contribution in [-0.4, -0.2) is 57.8 Å². The molecule has 1 atom stereocenters. The van der Waals surface area contributed by atoms with E-state index < -0.39 is 6.10 Å². The van der Waals surface area contributed by atoms with Crippen LogP contribution >= 0.6 is 0 Å². The van der Waals surface area contributed by atoms with Crippen molar-refractivity contribution in [3.05, 3.63) is 47.7 Å². The first-order chi connectivity index (χ1) is 11.9. The van der Waals surface area contributed by atoms with Gasteiger partial charge in [0.1, 0.15) is 0 Å². The summed E-state index contributed by atoms with van der Waals surface area (Å²) in [6.07, 6.45) is -0.432. The highest BCUT2D eigenvalue weighted by atomic mass is 16.4. The molecular weight excluding hydrogens is 316 g/mol. The zero-order chi connectivity index (χ0) is 17.9. The van der Waals surface area contributed by atoms with Gasteiger partial charge in [-0.25, -0.2) is 0 Å². The second kappa shape index (κ2) is 7.64. The molecule has 25 heavy (non-hydrogen) atoms. The van der Waals surface area contributed by atoms with Gasteiger partial charge in [-0.1, -0.05) is 51.1 Å². The number of hydrogen-bond donors (Lipinski definition) is 1. The standard InChI is InChI=1S/C19H28N4O2/c1-19(2,3)18-21-20-17(25-18)14-23-11-9-22(10-12-23)13-16(24)15-7-5-4-6-8-15/h4-8,16,24H,9-14H2,1-3H3/t16-/m1/s1. The minimum absolute atomic E-state index is 0.114. The van der Waals surface area contributed by atoms with E-state index in [4.69, 9.17) is 4.42 Å². The van der Waals surface area contributed by atoms with Crippen molar-refractivity contribution < 1.29 is 9.52 Å². The number of benzene rings is 1. The molecular formula is C19H28N4O2. The molecule has 3 rings (SSSR count). The molecule has 0 spiro atoms. The fourth-order valence-electron chi connectivity index (χ4n) is 2.97. The largest absolute Gasteiger partial charge is 0.423 e. The number of β-amino-alcohol motifs (C(OH)–C–C–N with tert-alkyl or cyclic N) is 1. The summed E-state index contributed by atoms with van der Waals surface area (Å²) in [5.74, 6) is 1.37. The molecule has 0 radical (unpaired) electrons. The summed E-state index contributed by atoms with van der Waals surface area (Å²) in [4.78, 5) is 4.63. The summed E-state index contributed by atoms with van der Waals surface area (Å²) in [5.41, 5.74) is 0.864. The van der Waals surface area contributed by atoms with E-state index in [-0.39, 0.29) is 5.41 Å². The monoisotopic (exact) mass is 344 g/mol. The molecule has 1 aliphatic heterocycles. The third kappa shape index (κ3) is 4.87. The lowest BCUT2D eigenvalue weighted by atomic mass is 9.97. The van der Waals surface area contributed by atoms with E-state index >= 15 is 0 Å². The molecule has 0 saturated carbocycles. The highest BCUT2D eigenvalue weighted by molar-refractivity contribution is 5.17. The molecule has 6 nitrogen and oxygen atoms in total. The average Bonchev–Trinajstić information content (AvgIpc) is 3.06. The lowest BCUT2D eigenvalue weighted by molar-refractivity contribution is 0.0668. The van der Waals surface area contributed by atoms with E-state index in [0.717, 1.165) is 31.7 Å². The molecule has 1 aromatic carbocycles. The summed E-state index contributed by atoms with van der Waals surface area (Å²) in [6.45, 7) is 11.3. The molecule has 0 bridgehead atoms. The van der Waals surface area contributed by atoms with Gasteiger partial charge in [0.05, 0.1) is 12.6 Å². The molecule has 0 unspecified atom stereocenters. The smallest absolute Gasteiger partial charge is 0.230 e. The minimum atomic E-state index is -0.432. The number of nitrogens with zero attached hydrogens (tertiary/aromatic N) is 4. The average molecular weight is 344 g/mol. The van der Waals surface area contributed by atoms with Crippen LogP contribution in [0, 0.1) is 0 Å². The zero-order valence-corrected chi connectivity index (χ0v) is 15.4. The van der Waals surface area contributed by atoms with Crippen LogP contribution < -0.4 is 0 Å². The molecule has 6 heteroatoms. The van der Waals surface area contributed by atoms with Crippen molar-refractivity contribution in [2.24, 2.45) is 0 Å². The van der Waals surface area contributed by atoms with Gasteiger partial charge in [0.2, 0.25) is 11.8 Å². The van der Waals surface area contributed by atoms with Crippen LogP contribution in [0.1, 0.15) is 44.2 Å². The molecule has 0 aliphatic carbocycles. The number of aliphatic hydroxyl groups is 1. The summed E-state index contributed by atoms with van der Waals surface area (Å²) < 4.78 is 5.78. The summed E-state index contributed by atoms with van der Waals surface area (Å²) in [6, 6.07) is 9.85. The number of hydrogen-bond acceptors (Lipinski definition) is 6. The normalized spacial score (nSPS) is 18.4. The van der Waals surface area contributed by atoms with E-state index in [1.807, 2.05) is 30.3 Å². The Hall–Kier alpha value is -1.76. The van der Waals surface area contributed by atoms with Crippen LogP contribution in [0.25, 0.3) is 0 Å². The van der Waals surface area contributed by atoms with Gasteiger partial charge in [-0.05, 0) is 5.56 Å². The minimum Gasteiger partial charge on any atom is -0.423 e. The molecule has 1 aliphatic rings. The van der Waals surface area contributed by atoms with E-state index in [0.29, 0.717) is 24.9 Å². The maximum Gasteiger partial charge on any atom is 0.230 e. The maximum atomic E-state index is 10.4. The Balaban J connectivity index is 1.46. The van der Waals surface area contributed by atoms with Crippen LogP contribution in [-0.2, 0) is 12.0 Å². The number of rotatable bonds is 5. The molecule has 0 amide bonds. The van der Waals surface area contributed by atoms with Crippen molar-refractivity contribution >= 4 is 0 Å². The van der Waals surface area contributed by atoms with Gasteiger partial charge >= 0.3 is 0 Å². The lowest BCUT2D eigenvalue weighted by Gasteiger charge is -2.35. The fourth-order valence-corrected chi connectivity index (χ4v) is 2.97. The summed E-state index contributed by atoms with van der Waals surface area (Å²) in [5, 5.41) is 18.7. The first-order valence-corrected chi connectivity index (χ1v) is 8.92. The van der Waals surface area contributed by atoms with Crippen LogP contribution in [0.15, 0.2) is 34.7 Å². The molecule has 136 valence electrons. The molecule has 1 fully saturated rings. The fraction of sp³-hybridized carbons (Fsp3) is 0.579. The third-order valence-corrected chi connectivity index (χ3v) is 4.55. The zero-order valence-electron chi connectivity index (χ0n) is 15.4. The van der Waals surface area contributed by atoms with Crippen LogP contribution in [0.3, 0.4) is 0 Å². The van der Waals surface area contributed by atoms with Crippen molar-refractivity contribution in [3.63, 3.8) is 0 Å². The van der Waals surface area contributed by atoms with Crippen LogP contribution in [0.5, 0.6) is 0 Å². The second-order valence-electron chi connectivity index (χ2n) is 7.75. The highest BCUT2D eigenvalue weighted by Gasteiger charge is 2.24. The third-order valence-electron chi connectivity index (χ3n) is 4.55. The van der Waals surface area contributed by atoms with Gasteiger partial charge in [-0.3, -0.25) is 9.80 Å². The molecule has 1 N–H and O–H groups in total. The summed E-state index contributed by atoms with van der Waals surface area (Å²) in [7, 11) is 0. The van der Waals surface area contributed by atoms with Crippen LogP contribution in [0.2, 0.25) is 0 Å². The Morgan fingerprint density at radius 2 is 1.68 bits per heavy atom. The van der Waals surface area contributed by atoms with Crippen molar-refractivity contribution in [1.29, 1.82) is 0 Å². The second-order valence-corrected chi connectivity index (χ2v) is 7.75. The van der Waals surface area contributed by atoms with Crippen molar-refractivity contribution in [2.45, 2.75) is 38.8 Å². The Morgan fingerprint density at radius 1 is 1.04 bits per heavy atom. The Bertz CT molecular complexity index is 658. The molecule has 2 aromatic rings. The molecule has 1 aromatic heterocycles. The van der Waals surface area contributed by atoms with Gasteiger partial charge in [-0.15, -0.1) is 10.2 Å². The van der Waals surface area contributed by atoms with Crippen molar-refractivity contribution in [3.8, 4) is 0 Å². The predicted molar refractivity (Wildman–Crippen MR) is 96.1 cm³/mol. The first kappa shape index (κ1) is 18.0. The summed E-state index contributed by atoms with van der Waals surface area (Å²) >= 11 is 0. The maximum absolute atomic E-state index is 10.4. The Morgan fingerprint density at radius 3 is 2.28 bits per heavy atom. The Kier molecular flexibility index (Phi) is 5.51. The van der Waals surface area contributed by atoms with Gasteiger partial charge in [0, 0.05) is 38.1 Å². The van der Waals surface area contributed by atoms with Gasteiger partial charge in [0.25, 0.3) is 0 Å². The van der Waals surface area contributed by atoms with Gasteiger partial charge in [-0.2, -0.15) is 0 Å². The van der Waals surface area contributed by atoms with E-state index in [9.17, 15) is 5.11 Å². The number of aliphatic hydroxyl groups excluding tert-OH is 1. The van der Waals surface area contributed by atoms with Gasteiger partial charge in [0.15, 0.2) is 0 Å². The molecule has 2 heterocycles. The van der Waals surface area contributed by atoms with E-state index in [1.165, 1.54) is 0 Å². The SMILES string of the molecule is CC(C)(C)c1nnc(CN2CCN(C[C@@H](O)c3ccccc3)CC2)o1. The lowest BCUT2D eigenvalue weighted by Crippen LogP contribution is -2.47.